The van der Waals surface area contributed by atoms with Crippen LogP contribution in [0, 0.1) is 5.92 Å². The first-order chi connectivity index (χ1) is 8.29. The van der Waals surface area contributed by atoms with Crippen LogP contribution in [0.15, 0.2) is 24.3 Å². The highest BCUT2D eigenvalue weighted by atomic mass is 16.3. The van der Waals surface area contributed by atoms with Crippen LogP contribution in [-0.2, 0) is 13.2 Å². The summed E-state index contributed by atoms with van der Waals surface area (Å²) in [6, 6.07) is 8.81. The average molecular weight is 233 g/mol. The molecule has 0 amide bonds. The first-order valence-electron chi connectivity index (χ1n) is 6.71. The molecule has 2 nitrogen and oxygen atoms in total. The molecule has 1 aliphatic carbocycles. The van der Waals surface area contributed by atoms with E-state index in [9.17, 15) is 0 Å². The quantitative estimate of drug-likeness (QED) is 0.819. The summed E-state index contributed by atoms with van der Waals surface area (Å²) in [5.74, 6) is 0.867. The Kier molecular flexibility index (Phi) is 4.57. The molecule has 0 unspecified atom stereocenters. The summed E-state index contributed by atoms with van der Waals surface area (Å²) in [7, 11) is 0. The van der Waals surface area contributed by atoms with Gasteiger partial charge < -0.3 is 10.4 Å². The fraction of sp³-hybridized carbons (Fsp3) is 0.600. The van der Waals surface area contributed by atoms with Crippen molar-refractivity contribution in [2.24, 2.45) is 5.92 Å². The lowest BCUT2D eigenvalue weighted by Crippen LogP contribution is -2.31. The van der Waals surface area contributed by atoms with Crippen LogP contribution in [0.3, 0.4) is 0 Å². The zero-order valence-corrected chi connectivity index (χ0v) is 10.7. The maximum absolute atomic E-state index is 8.97. The van der Waals surface area contributed by atoms with Crippen molar-refractivity contribution < 1.29 is 5.11 Å². The zero-order valence-electron chi connectivity index (χ0n) is 10.7. The molecule has 0 saturated heterocycles. The van der Waals surface area contributed by atoms with Crippen molar-refractivity contribution in [1.82, 2.24) is 5.32 Å². The lowest BCUT2D eigenvalue weighted by Gasteiger charge is -2.20. The molecule has 2 heteroatoms. The van der Waals surface area contributed by atoms with Crippen LogP contribution < -0.4 is 5.32 Å². The van der Waals surface area contributed by atoms with E-state index in [-0.39, 0.29) is 6.61 Å². The summed E-state index contributed by atoms with van der Waals surface area (Å²) in [5, 5.41) is 12.6. The Morgan fingerprint density at radius 2 is 1.76 bits per heavy atom. The molecule has 0 aromatic heterocycles. The lowest BCUT2D eigenvalue weighted by atomic mass is 9.99. The third kappa shape index (κ3) is 3.55. The van der Waals surface area contributed by atoms with Crippen molar-refractivity contribution in [3.63, 3.8) is 0 Å². The Balaban J connectivity index is 1.80. The highest BCUT2D eigenvalue weighted by Crippen LogP contribution is 2.27. The van der Waals surface area contributed by atoms with Gasteiger partial charge in [-0.1, -0.05) is 37.1 Å². The van der Waals surface area contributed by atoms with E-state index in [4.69, 9.17) is 5.11 Å². The Labute approximate surface area is 104 Å². The van der Waals surface area contributed by atoms with Gasteiger partial charge in [-0.2, -0.15) is 0 Å². The predicted octanol–water partition coefficient (Wildman–Crippen LogP) is 2.85. The van der Waals surface area contributed by atoms with E-state index < -0.39 is 0 Å². The van der Waals surface area contributed by atoms with Gasteiger partial charge in [-0.25, -0.2) is 0 Å². The standard InChI is InChI=1S/C15H23NO/c1-12(15-4-2-3-5-15)16-10-13-6-8-14(11-17)9-7-13/h6-9,12,15-17H,2-5,10-11H2,1H3/t12-/m0/s1. The molecule has 1 aromatic rings. The largest absolute Gasteiger partial charge is 0.392 e. The summed E-state index contributed by atoms with van der Waals surface area (Å²) in [5.41, 5.74) is 2.28. The molecule has 1 atom stereocenters. The normalized spacial score (nSPS) is 18.5. The van der Waals surface area contributed by atoms with Crippen LogP contribution in [0.2, 0.25) is 0 Å². The minimum atomic E-state index is 0.131. The van der Waals surface area contributed by atoms with Gasteiger partial charge in [-0.3, -0.25) is 0 Å². The van der Waals surface area contributed by atoms with Gasteiger partial charge >= 0.3 is 0 Å². The zero-order chi connectivity index (χ0) is 12.1. The van der Waals surface area contributed by atoms with E-state index in [2.05, 4.69) is 24.4 Å². The molecular weight excluding hydrogens is 210 g/mol. The minimum absolute atomic E-state index is 0.131. The Hall–Kier alpha value is -0.860. The average Bonchev–Trinajstić information content (AvgIpc) is 2.90. The van der Waals surface area contributed by atoms with Gasteiger partial charge in [0.05, 0.1) is 6.61 Å². The molecule has 1 saturated carbocycles. The first-order valence-corrected chi connectivity index (χ1v) is 6.71. The molecule has 94 valence electrons. The smallest absolute Gasteiger partial charge is 0.0681 e. The van der Waals surface area contributed by atoms with Gasteiger partial charge in [-0.05, 0) is 36.8 Å². The van der Waals surface area contributed by atoms with Crippen molar-refractivity contribution in [2.45, 2.75) is 51.8 Å². The monoisotopic (exact) mass is 233 g/mol. The Bertz CT molecular complexity index is 327. The maximum atomic E-state index is 8.97. The van der Waals surface area contributed by atoms with Crippen molar-refractivity contribution in [1.29, 1.82) is 0 Å². The van der Waals surface area contributed by atoms with E-state index in [0.717, 1.165) is 18.0 Å². The van der Waals surface area contributed by atoms with E-state index in [0.29, 0.717) is 6.04 Å². The van der Waals surface area contributed by atoms with Crippen molar-refractivity contribution in [2.75, 3.05) is 0 Å². The summed E-state index contributed by atoms with van der Waals surface area (Å²) in [6.07, 6.45) is 5.58. The van der Waals surface area contributed by atoms with E-state index in [1.54, 1.807) is 0 Å². The highest BCUT2D eigenvalue weighted by molar-refractivity contribution is 5.21. The van der Waals surface area contributed by atoms with Crippen LogP contribution in [0.4, 0.5) is 0 Å². The van der Waals surface area contributed by atoms with E-state index >= 15 is 0 Å². The number of hydrogen-bond donors (Lipinski definition) is 2. The molecule has 17 heavy (non-hydrogen) atoms. The molecule has 0 spiro atoms. The second kappa shape index (κ2) is 6.18. The van der Waals surface area contributed by atoms with Gasteiger partial charge in [-0.15, -0.1) is 0 Å². The van der Waals surface area contributed by atoms with Gasteiger partial charge in [0.25, 0.3) is 0 Å². The minimum Gasteiger partial charge on any atom is -0.392 e. The maximum Gasteiger partial charge on any atom is 0.0681 e. The Morgan fingerprint density at radius 1 is 1.18 bits per heavy atom. The number of nitrogens with one attached hydrogen (secondary N) is 1. The fourth-order valence-electron chi connectivity index (χ4n) is 2.67. The van der Waals surface area contributed by atoms with Gasteiger partial charge in [0.15, 0.2) is 0 Å². The number of benzene rings is 1. The Morgan fingerprint density at radius 3 is 2.35 bits per heavy atom. The number of hydrogen-bond acceptors (Lipinski definition) is 2. The van der Waals surface area contributed by atoms with Crippen molar-refractivity contribution >= 4 is 0 Å². The molecule has 0 aliphatic heterocycles. The molecule has 0 bridgehead atoms. The van der Waals surface area contributed by atoms with Crippen LogP contribution in [-0.4, -0.2) is 11.1 Å². The number of aliphatic hydroxyl groups excluding tert-OH is 1. The summed E-state index contributed by atoms with van der Waals surface area (Å²) in [4.78, 5) is 0. The van der Waals surface area contributed by atoms with Gasteiger partial charge in [0.1, 0.15) is 0 Å². The number of rotatable bonds is 5. The molecule has 2 rings (SSSR count). The molecule has 0 radical (unpaired) electrons. The predicted molar refractivity (Wildman–Crippen MR) is 70.6 cm³/mol. The van der Waals surface area contributed by atoms with Crippen LogP contribution in [0.1, 0.15) is 43.7 Å². The second-order valence-electron chi connectivity index (χ2n) is 5.19. The molecule has 1 aromatic carbocycles. The molecular formula is C15H23NO. The van der Waals surface area contributed by atoms with Gasteiger partial charge in [0, 0.05) is 12.6 Å². The lowest BCUT2D eigenvalue weighted by molar-refractivity contribution is 0.282. The summed E-state index contributed by atoms with van der Waals surface area (Å²) < 4.78 is 0. The van der Waals surface area contributed by atoms with E-state index in [1.807, 2.05) is 12.1 Å². The van der Waals surface area contributed by atoms with Gasteiger partial charge in [0.2, 0.25) is 0 Å². The molecule has 2 N–H and O–H groups in total. The topological polar surface area (TPSA) is 32.3 Å². The SMILES string of the molecule is C[C@H](NCc1ccc(CO)cc1)C1CCCC1. The number of aliphatic hydroxyl groups is 1. The van der Waals surface area contributed by atoms with Crippen LogP contribution in [0.25, 0.3) is 0 Å². The third-order valence-corrected chi connectivity index (χ3v) is 3.94. The first kappa shape index (κ1) is 12.6. The molecule has 1 fully saturated rings. The molecule has 0 heterocycles. The molecule has 1 aliphatic rings. The van der Waals surface area contributed by atoms with Crippen LogP contribution >= 0.6 is 0 Å². The van der Waals surface area contributed by atoms with E-state index in [1.165, 1.54) is 31.2 Å². The van der Waals surface area contributed by atoms with Crippen LogP contribution in [0.5, 0.6) is 0 Å². The van der Waals surface area contributed by atoms with Crippen molar-refractivity contribution in [3.05, 3.63) is 35.4 Å². The highest BCUT2D eigenvalue weighted by Gasteiger charge is 2.20. The van der Waals surface area contributed by atoms with Crippen molar-refractivity contribution in [3.8, 4) is 0 Å². The fourth-order valence-corrected chi connectivity index (χ4v) is 2.67. The summed E-state index contributed by atoms with van der Waals surface area (Å²) >= 11 is 0. The summed E-state index contributed by atoms with van der Waals surface area (Å²) in [6.45, 7) is 3.37. The second-order valence-corrected chi connectivity index (χ2v) is 5.19. The third-order valence-electron chi connectivity index (χ3n) is 3.94.